The van der Waals surface area contributed by atoms with Crippen LogP contribution in [-0.2, 0) is 9.59 Å². The Morgan fingerprint density at radius 2 is 1.81 bits per heavy atom. The zero-order valence-electron chi connectivity index (χ0n) is 10.0. The van der Waals surface area contributed by atoms with Gasteiger partial charge in [0.2, 0.25) is 5.91 Å². The van der Waals surface area contributed by atoms with Gasteiger partial charge in [0, 0.05) is 6.54 Å². The number of carboxylic acid groups (broad SMARTS) is 1. The normalized spacial score (nSPS) is 23.9. The first-order valence-electron chi connectivity index (χ1n) is 6.10. The highest BCUT2D eigenvalue weighted by Gasteiger charge is 2.41. The topological polar surface area (TPSA) is 66.4 Å². The van der Waals surface area contributed by atoms with Crippen LogP contribution in [0.4, 0.5) is 0 Å². The third-order valence-electron chi connectivity index (χ3n) is 3.65. The Bertz CT molecular complexity index is 261. The van der Waals surface area contributed by atoms with Gasteiger partial charge in [0.15, 0.2) is 0 Å². The highest BCUT2D eigenvalue weighted by atomic mass is 16.4. The number of carboxylic acids is 1. The van der Waals surface area contributed by atoms with Gasteiger partial charge >= 0.3 is 5.97 Å². The maximum Gasteiger partial charge on any atom is 0.307 e. The molecule has 1 fully saturated rings. The van der Waals surface area contributed by atoms with E-state index in [1.165, 1.54) is 0 Å². The molecule has 0 spiro atoms. The van der Waals surface area contributed by atoms with Crippen LogP contribution < -0.4 is 5.32 Å². The number of nitrogens with one attached hydrogen (secondary N) is 1. The fourth-order valence-electron chi connectivity index (χ4n) is 2.06. The minimum atomic E-state index is -0.839. The summed E-state index contributed by atoms with van der Waals surface area (Å²) in [6.45, 7) is 4.88. The number of aliphatic carboxylic acids is 1. The van der Waals surface area contributed by atoms with E-state index in [2.05, 4.69) is 19.2 Å². The lowest BCUT2D eigenvalue weighted by Crippen LogP contribution is -2.45. The molecule has 0 aromatic carbocycles. The molecule has 4 heteroatoms. The van der Waals surface area contributed by atoms with Gasteiger partial charge in [-0.1, -0.05) is 26.7 Å². The van der Waals surface area contributed by atoms with Gasteiger partial charge in [-0.15, -0.1) is 0 Å². The summed E-state index contributed by atoms with van der Waals surface area (Å²) >= 11 is 0. The molecular formula is C12H21NO3. The van der Waals surface area contributed by atoms with Crippen LogP contribution in [0.25, 0.3) is 0 Å². The van der Waals surface area contributed by atoms with Crippen LogP contribution in [0.5, 0.6) is 0 Å². The van der Waals surface area contributed by atoms with Crippen molar-refractivity contribution < 1.29 is 14.7 Å². The summed E-state index contributed by atoms with van der Waals surface area (Å²) in [7, 11) is 0. The van der Waals surface area contributed by atoms with Crippen LogP contribution in [0.15, 0.2) is 0 Å². The molecule has 1 aliphatic carbocycles. The molecule has 1 aliphatic rings. The van der Waals surface area contributed by atoms with E-state index in [9.17, 15) is 9.59 Å². The zero-order valence-corrected chi connectivity index (χ0v) is 10.0. The van der Waals surface area contributed by atoms with E-state index < -0.39 is 11.9 Å². The van der Waals surface area contributed by atoms with Gasteiger partial charge in [-0.25, -0.2) is 0 Å². The van der Waals surface area contributed by atoms with Gasteiger partial charge in [-0.05, 0) is 18.8 Å². The lowest BCUT2D eigenvalue weighted by molar-refractivity contribution is -0.152. The molecule has 2 N–H and O–H groups in total. The number of carbonyl (C=O) groups is 2. The quantitative estimate of drug-likeness (QED) is 0.725. The molecular weight excluding hydrogens is 206 g/mol. The van der Waals surface area contributed by atoms with Crippen molar-refractivity contribution in [2.24, 2.45) is 17.8 Å². The van der Waals surface area contributed by atoms with Gasteiger partial charge in [-0.2, -0.15) is 0 Å². The SMILES string of the molecule is CCC(CC)CNC(=O)C1CCC1C(=O)O. The molecule has 92 valence electrons. The molecule has 0 aromatic rings. The van der Waals surface area contributed by atoms with Crippen molar-refractivity contribution >= 4 is 11.9 Å². The molecule has 1 rings (SSSR count). The molecule has 0 radical (unpaired) electrons. The average molecular weight is 227 g/mol. The van der Waals surface area contributed by atoms with Crippen molar-refractivity contribution in [3.8, 4) is 0 Å². The molecule has 1 amide bonds. The summed E-state index contributed by atoms with van der Waals surface area (Å²) in [6.07, 6.45) is 3.44. The Kier molecular flexibility index (Phi) is 4.77. The van der Waals surface area contributed by atoms with E-state index in [0.29, 0.717) is 25.3 Å². The Hall–Kier alpha value is -1.06. The predicted molar refractivity (Wildman–Crippen MR) is 60.9 cm³/mol. The molecule has 0 aromatic heterocycles. The molecule has 2 unspecified atom stereocenters. The molecule has 16 heavy (non-hydrogen) atoms. The number of hydrogen-bond acceptors (Lipinski definition) is 2. The first kappa shape index (κ1) is 13.0. The average Bonchev–Trinajstić information content (AvgIpc) is 2.16. The summed E-state index contributed by atoms with van der Waals surface area (Å²) in [6, 6.07) is 0. The largest absolute Gasteiger partial charge is 0.481 e. The molecule has 0 aliphatic heterocycles. The summed E-state index contributed by atoms with van der Waals surface area (Å²) < 4.78 is 0. The predicted octanol–water partition coefficient (Wildman–Crippen LogP) is 1.65. The molecule has 4 nitrogen and oxygen atoms in total. The maximum absolute atomic E-state index is 11.7. The van der Waals surface area contributed by atoms with Gasteiger partial charge in [0.05, 0.1) is 11.8 Å². The van der Waals surface area contributed by atoms with Crippen LogP contribution in [0, 0.1) is 17.8 Å². The van der Waals surface area contributed by atoms with E-state index in [4.69, 9.17) is 5.11 Å². The smallest absolute Gasteiger partial charge is 0.307 e. The second kappa shape index (κ2) is 5.87. The van der Waals surface area contributed by atoms with Gasteiger partial charge < -0.3 is 10.4 Å². The van der Waals surface area contributed by atoms with Crippen LogP contribution in [0.2, 0.25) is 0 Å². The summed E-state index contributed by atoms with van der Waals surface area (Å²) in [4.78, 5) is 22.5. The van der Waals surface area contributed by atoms with Crippen molar-refractivity contribution in [1.29, 1.82) is 0 Å². The first-order chi connectivity index (χ1) is 7.60. The van der Waals surface area contributed by atoms with Crippen molar-refractivity contribution in [1.82, 2.24) is 5.32 Å². The van der Waals surface area contributed by atoms with Crippen LogP contribution >= 0.6 is 0 Å². The van der Waals surface area contributed by atoms with Crippen molar-refractivity contribution in [3.63, 3.8) is 0 Å². The van der Waals surface area contributed by atoms with Crippen molar-refractivity contribution in [2.45, 2.75) is 39.5 Å². The van der Waals surface area contributed by atoms with E-state index in [1.54, 1.807) is 0 Å². The number of rotatable bonds is 6. The van der Waals surface area contributed by atoms with Gasteiger partial charge in [0.1, 0.15) is 0 Å². The molecule has 2 atom stereocenters. The minimum Gasteiger partial charge on any atom is -0.481 e. The first-order valence-corrected chi connectivity index (χ1v) is 6.10. The highest BCUT2D eigenvalue weighted by Crippen LogP contribution is 2.34. The van der Waals surface area contributed by atoms with Gasteiger partial charge in [-0.3, -0.25) is 9.59 Å². The molecule has 0 bridgehead atoms. The maximum atomic E-state index is 11.7. The second-order valence-electron chi connectivity index (χ2n) is 4.56. The summed E-state index contributed by atoms with van der Waals surface area (Å²) in [5.74, 6) is -1.17. The highest BCUT2D eigenvalue weighted by molar-refractivity contribution is 5.86. The Labute approximate surface area is 96.4 Å². The lowest BCUT2D eigenvalue weighted by Gasteiger charge is -2.32. The molecule has 1 saturated carbocycles. The molecule has 0 saturated heterocycles. The van der Waals surface area contributed by atoms with Crippen LogP contribution in [0.1, 0.15) is 39.5 Å². The van der Waals surface area contributed by atoms with E-state index in [1.807, 2.05) is 0 Å². The van der Waals surface area contributed by atoms with Crippen molar-refractivity contribution in [2.75, 3.05) is 6.54 Å². The third kappa shape index (κ3) is 2.97. The Morgan fingerprint density at radius 3 is 2.19 bits per heavy atom. The fraction of sp³-hybridized carbons (Fsp3) is 0.833. The standard InChI is InChI=1S/C12H21NO3/c1-3-8(4-2)7-13-11(14)9-5-6-10(9)12(15)16/h8-10H,3-7H2,1-2H3,(H,13,14)(H,15,16). The number of carbonyl (C=O) groups excluding carboxylic acids is 1. The van der Waals surface area contributed by atoms with Crippen molar-refractivity contribution in [3.05, 3.63) is 0 Å². The summed E-state index contributed by atoms with van der Waals surface area (Å²) in [5.41, 5.74) is 0. The zero-order chi connectivity index (χ0) is 12.1. The van der Waals surface area contributed by atoms with Crippen LogP contribution in [-0.4, -0.2) is 23.5 Å². The Morgan fingerprint density at radius 1 is 1.25 bits per heavy atom. The number of amides is 1. The number of hydrogen-bond donors (Lipinski definition) is 2. The van der Waals surface area contributed by atoms with E-state index >= 15 is 0 Å². The fourth-order valence-corrected chi connectivity index (χ4v) is 2.06. The van der Waals surface area contributed by atoms with Crippen LogP contribution in [0.3, 0.4) is 0 Å². The van der Waals surface area contributed by atoms with E-state index in [0.717, 1.165) is 12.8 Å². The van der Waals surface area contributed by atoms with E-state index in [-0.39, 0.29) is 11.8 Å². The third-order valence-corrected chi connectivity index (χ3v) is 3.65. The minimum absolute atomic E-state index is 0.0782. The second-order valence-corrected chi connectivity index (χ2v) is 4.56. The lowest BCUT2D eigenvalue weighted by atomic mass is 9.73. The van der Waals surface area contributed by atoms with Gasteiger partial charge in [0.25, 0.3) is 0 Å². The monoisotopic (exact) mass is 227 g/mol. The summed E-state index contributed by atoms with van der Waals surface area (Å²) in [5, 5.41) is 11.7. The Balaban J connectivity index is 2.33. The molecule has 0 heterocycles.